The van der Waals surface area contributed by atoms with Crippen LogP contribution in [0.3, 0.4) is 0 Å². The molecule has 0 amide bonds. The van der Waals surface area contributed by atoms with E-state index in [1.54, 1.807) is 12.1 Å². The van der Waals surface area contributed by atoms with Gasteiger partial charge in [-0.05, 0) is 184 Å². The predicted molar refractivity (Wildman–Crippen MR) is 277 cm³/mol. The second kappa shape index (κ2) is 19.8. The van der Waals surface area contributed by atoms with E-state index in [1.165, 1.54) is 6.07 Å². The fraction of sp³-hybridized carbons (Fsp3) is 0.772. The summed E-state index contributed by atoms with van der Waals surface area (Å²) >= 11 is 0. The second-order valence-corrected chi connectivity index (χ2v) is 25.3. The lowest BCUT2D eigenvalue weighted by Crippen LogP contribution is -2.73. The van der Waals surface area contributed by atoms with Crippen LogP contribution >= 0.6 is 0 Å². The smallest absolute Gasteiger partial charge is 0.292 e. The molecule has 10 aliphatic rings. The largest absolute Gasteiger partial charge is 0.416 e. The highest BCUT2D eigenvalue weighted by Gasteiger charge is 2.62. The Kier molecular flexibility index (Phi) is 13.4. The molecule has 5 aliphatic heterocycles. The first kappa shape index (κ1) is 50.7. The zero-order valence-electron chi connectivity index (χ0n) is 44.8. The van der Waals surface area contributed by atoms with E-state index in [1.807, 2.05) is 33.8 Å². The number of benzene rings is 1. The number of aryl methyl sites for hydroxylation is 4. The molecule has 404 valence electrons. The summed E-state index contributed by atoms with van der Waals surface area (Å²) in [6.07, 6.45) is 10.1. The van der Waals surface area contributed by atoms with Gasteiger partial charge in [0.2, 0.25) is 0 Å². The van der Waals surface area contributed by atoms with Crippen LogP contribution in [-0.2, 0) is 6.18 Å². The monoisotopic (exact) mass is 1030 g/mol. The van der Waals surface area contributed by atoms with Gasteiger partial charge in [-0.15, -0.1) is 0 Å². The van der Waals surface area contributed by atoms with Crippen LogP contribution in [-0.4, -0.2) is 113 Å². The molecule has 5 saturated heterocycles. The SMILES string of the molecule is Cc1nc(C)nc(C2CCC3C4CCC5CC4N(C4CC(c6ccccc6C(F)(F)F)CC(C4C#N)N4C6CC(c7nc(C)nc(C)n7)CCC6C6CCC(CC64)C4NC(C)NC(CC6NC(C)NC5N6)N4)C3C2)n1. The Balaban J connectivity index is 0.972. The van der Waals surface area contributed by atoms with E-state index in [2.05, 4.69) is 71.6 Å². The Bertz CT molecular complexity index is 2450. The van der Waals surface area contributed by atoms with Crippen LogP contribution < -0.4 is 31.9 Å². The molecule has 15 nitrogen and oxygen atoms in total. The minimum atomic E-state index is -4.51. The molecule has 10 bridgehead atoms. The molecule has 1 aromatic carbocycles. The van der Waals surface area contributed by atoms with Crippen molar-refractivity contribution in [2.75, 3.05) is 0 Å². The lowest BCUT2D eigenvalue weighted by Gasteiger charge is -2.54. The number of fused-ring (bicyclic) bond motifs is 18. The van der Waals surface area contributed by atoms with Crippen molar-refractivity contribution in [1.29, 1.82) is 5.26 Å². The summed E-state index contributed by atoms with van der Waals surface area (Å²) in [5.41, 5.74) is -0.139. The van der Waals surface area contributed by atoms with Crippen LogP contribution in [0.2, 0.25) is 0 Å². The molecule has 5 saturated carbocycles. The van der Waals surface area contributed by atoms with Crippen LogP contribution in [0.4, 0.5) is 13.2 Å². The van der Waals surface area contributed by atoms with E-state index >= 15 is 13.2 Å². The average molecular weight is 1030 g/mol. The number of nitriles is 1. The number of nitrogens with one attached hydrogen (secondary N) is 6. The summed E-state index contributed by atoms with van der Waals surface area (Å²) in [5.74, 6) is 6.47. The standard InChI is InChI=1S/C57H80F3N15/c1-27-62-28(2)67-53(66-27)33-11-15-39-41-17-13-35-21-47(41)74(45(39)19-33)49-23-37(38-9-7-8-10-44(38)57(58,59)60)24-50(43(49)26-61)75-46-20-34(54-68-29(3)63-30(4)69-54)12-16-40(46)42-18-14-36(22-48(42)75)56-71-32(6)65-52(73-56)25-51-64-31(5)70-55(35)72-51/h7-10,31-37,39-43,45-52,55-56,64-65,70-73H,11-25H2,1-6H3. The molecular weight excluding hydrogens is 952 g/mol. The van der Waals surface area contributed by atoms with E-state index in [0.29, 0.717) is 53.9 Å². The zero-order valence-corrected chi connectivity index (χ0v) is 44.8. The van der Waals surface area contributed by atoms with Crippen molar-refractivity contribution in [2.45, 2.75) is 235 Å². The van der Waals surface area contributed by atoms with Gasteiger partial charge in [0.25, 0.3) is 0 Å². The molecular formula is C57H80F3N15. The summed E-state index contributed by atoms with van der Waals surface area (Å²) in [5, 5.41) is 36.1. The lowest BCUT2D eigenvalue weighted by atomic mass is 9.68. The third-order valence-corrected chi connectivity index (χ3v) is 21.1. The van der Waals surface area contributed by atoms with Crippen molar-refractivity contribution >= 4 is 0 Å². The van der Waals surface area contributed by atoms with Crippen molar-refractivity contribution in [2.24, 2.45) is 41.4 Å². The summed E-state index contributed by atoms with van der Waals surface area (Å²) in [6, 6.07) is 9.71. The highest BCUT2D eigenvalue weighted by Crippen LogP contribution is 2.60. The normalized spacial score (nSPS) is 43.9. The zero-order chi connectivity index (χ0) is 51.6. The quantitative estimate of drug-likeness (QED) is 0.156. The van der Waals surface area contributed by atoms with Gasteiger partial charge < -0.3 is 0 Å². The van der Waals surface area contributed by atoms with E-state index in [9.17, 15) is 5.26 Å². The molecule has 2 aromatic heterocycles. The maximum absolute atomic E-state index is 15.5. The molecule has 5 aliphatic carbocycles. The highest BCUT2D eigenvalue weighted by molar-refractivity contribution is 5.35. The molecule has 6 N–H and O–H groups in total. The van der Waals surface area contributed by atoms with Gasteiger partial charge >= 0.3 is 6.18 Å². The number of rotatable bonds is 3. The minimum Gasteiger partial charge on any atom is -0.292 e. The van der Waals surface area contributed by atoms with Gasteiger partial charge in [0.05, 0.1) is 54.5 Å². The molecule has 3 aromatic rings. The van der Waals surface area contributed by atoms with Gasteiger partial charge in [-0.1, -0.05) is 18.2 Å². The van der Waals surface area contributed by atoms with Crippen LogP contribution in [0.25, 0.3) is 0 Å². The fourth-order valence-corrected chi connectivity index (χ4v) is 18.6. The van der Waals surface area contributed by atoms with Crippen molar-refractivity contribution in [1.82, 2.24) is 71.6 Å². The minimum absolute atomic E-state index is 0.0831. The molecule has 20 atom stereocenters. The third-order valence-electron chi connectivity index (χ3n) is 21.1. The molecule has 18 heteroatoms. The van der Waals surface area contributed by atoms with E-state index in [0.717, 1.165) is 118 Å². The van der Waals surface area contributed by atoms with E-state index in [-0.39, 0.29) is 85.1 Å². The summed E-state index contributed by atoms with van der Waals surface area (Å²) in [4.78, 5) is 34.8. The number of hydrogen-bond donors (Lipinski definition) is 6. The Morgan fingerprint density at radius 2 is 0.907 bits per heavy atom. The number of halogens is 3. The molecule has 20 unspecified atom stereocenters. The number of aromatic nitrogens is 6. The summed E-state index contributed by atoms with van der Waals surface area (Å²) in [7, 11) is 0. The van der Waals surface area contributed by atoms with Crippen LogP contribution in [0.5, 0.6) is 0 Å². The summed E-state index contributed by atoms with van der Waals surface area (Å²) in [6.45, 7) is 12.3. The topological polar surface area (TPSA) is 180 Å². The predicted octanol–water partition coefficient (Wildman–Crippen LogP) is 7.13. The van der Waals surface area contributed by atoms with Crippen molar-refractivity contribution < 1.29 is 13.2 Å². The van der Waals surface area contributed by atoms with Gasteiger partial charge in [0.1, 0.15) is 34.9 Å². The van der Waals surface area contributed by atoms with E-state index in [4.69, 9.17) is 19.9 Å². The van der Waals surface area contributed by atoms with Gasteiger partial charge in [-0.25, -0.2) is 29.9 Å². The van der Waals surface area contributed by atoms with Crippen LogP contribution in [0.1, 0.15) is 174 Å². The fourth-order valence-electron chi connectivity index (χ4n) is 18.6. The third kappa shape index (κ3) is 9.32. The van der Waals surface area contributed by atoms with Crippen LogP contribution in [0.15, 0.2) is 24.3 Å². The lowest BCUT2D eigenvalue weighted by molar-refractivity contribution is -0.138. The molecule has 75 heavy (non-hydrogen) atoms. The van der Waals surface area contributed by atoms with Crippen molar-refractivity contribution in [3.05, 3.63) is 70.3 Å². The molecule has 0 radical (unpaired) electrons. The number of hydrogen-bond acceptors (Lipinski definition) is 15. The Morgan fingerprint density at radius 1 is 0.493 bits per heavy atom. The summed E-state index contributed by atoms with van der Waals surface area (Å²) < 4.78 is 46.6. The Hall–Kier alpha value is -3.80. The van der Waals surface area contributed by atoms with Gasteiger partial charge in [0.15, 0.2) is 0 Å². The number of nitrogens with zero attached hydrogens (tertiary/aromatic N) is 9. The average Bonchev–Trinajstić information content (AvgIpc) is 3.90. The van der Waals surface area contributed by atoms with Crippen molar-refractivity contribution in [3.63, 3.8) is 0 Å². The molecule has 7 heterocycles. The highest BCUT2D eigenvalue weighted by atomic mass is 19.4. The first-order valence-electron chi connectivity index (χ1n) is 29.2. The maximum Gasteiger partial charge on any atom is 0.416 e. The van der Waals surface area contributed by atoms with Gasteiger partial charge in [0, 0.05) is 54.5 Å². The maximum atomic E-state index is 15.5. The van der Waals surface area contributed by atoms with Gasteiger partial charge in [-0.3, -0.25) is 41.7 Å². The van der Waals surface area contributed by atoms with Gasteiger partial charge in [-0.2, -0.15) is 18.4 Å². The molecule has 10 fully saturated rings. The van der Waals surface area contributed by atoms with E-state index < -0.39 is 23.6 Å². The Labute approximate surface area is 441 Å². The first-order valence-corrected chi connectivity index (χ1v) is 29.2. The molecule has 13 rings (SSSR count). The Morgan fingerprint density at radius 3 is 1.35 bits per heavy atom. The number of alkyl halides is 3. The van der Waals surface area contributed by atoms with Crippen LogP contribution in [0, 0.1) is 80.5 Å². The molecule has 0 spiro atoms. The first-order chi connectivity index (χ1) is 36.1. The second-order valence-electron chi connectivity index (χ2n) is 25.3. The van der Waals surface area contributed by atoms with Crippen molar-refractivity contribution in [3.8, 4) is 6.07 Å².